The zero-order chi connectivity index (χ0) is 20.1. The first kappa shape index (κ1) is 20.1. The van der Waals surface area contributed by atoms with E-state index in [1.54, 1.807) is 0 Å². The Balaban J connectivity index is 1.17. The summed E-state index contributed by atoms with van der Waals surface area (Å²) in [6, 6.07) is 10.4. The van der Waals surface area contributed by atoms with Crippen molar-refractivity contribution in [1.29, 1.82) is 0 Å². The molecule has 1 aliphatic carbocycles. The number of carbonyl (C=O) groups is 2. The van der Waals surface area contributed by atoms with E-state index in [4.69, 9.17) is 0 Å². The Morgan fingerprint density at radius 1 is 0.793 bits per heavy atom. The molecule has 1 aromatic carbocycles. The molecule has 5 nitrogen and oxygen atoms in total. The summed E-state index contributed by atoms with van der Waals surface area (Å²) in [4.78, 5) is 31.8. The van der Waals surface area contributed by atoms with Crippen molar-refractivity contribution in [3.05, 3.63) is 42.0 Å². The SMILES string of the molecule is O=C(C1CCC1)N1CCC(C(=O)N2CCN(C/C=C/c3ccccc3)CC2)CC1. The second kappa shape index (κ2) is 9.57. The van der Waals surface area contributed by atoms with Gasteiger partial charge in [-0.1, -0.05) is 48.9 Å². The number of rotatable bonds is 5. The van der Waals surface area contributed by atoms with Crippen molar-refractivity contribution >= 4 is 17.9 Å². The fourth-order valence-corrected chi connectivity index (χ4v) is 4.57. The van der Waals surface area contributed by atoms with Crippen molar-refractivity contribution in [2.45, 2.75) is 32.1 Å². The molecule has 0 N–H and O–H groups in total. The fraction of sp³-hybridized carbons (Fsp3) is 0.583. The number of benzene rings is 1. The first-order valence-electron chi connectivity index (χ1n) is 11.2. The van der Waals surface area contributed by atoms with Crippen LogP contribution in [0.3, 0.4) is 0 Å². The Kier molecular flexibility index (Phi) is 6.65. The highest BCUT2D eigenvalue weighted by Crippen LogP contribution is 2.30. The van der Waals surface area contributed by atoms with Crippen molar-refractivity contribution in [2.75, 3.05) is 45.8 Å². The zero-order valence-electron chi connectivity index (χ0n) is 17.3. The molecular weight excluding hydrogens is 362 g/mol. The highest BCUT2D eigenvalue weighted by Gasteiger charge is 2.34. The van der Waals surface area contributed by atoms with Crippen LogP contribution in [0.25, 0.3) is 6.08 Å². The second-order valence-corrected chi connectivity index (χ2v) is 8.67. The summed E-state index contributed by atoms with van der Waals surface area (Å²) in [6.45, 7) is 5.96. The fourth-order valence-electron chi connectivity index (χ4n) is 4.57. The highest BCUT2D eigenvalue weighted by molar-refractivity contribution is 5.81. The number of hydrogen-bond acceptors (Lipinski definition) is 3. The van der Waals surface area contributed by atoms with Crippen LogP contribution in [-0.2, 0) is 9.59 Å². The number of hydrogen-bond donors (Lipinski definition) is 0. The molecule has 1 saturated carbocycles. The van der Waals surface area contributed by atoms with E-state index in [0.29, 0.717) is 11.8 Å². The molecule has 29 heavy (non-hydrogen) atoms. The molecule has 5 heteroatoms. The minimum absolute atomic E-state index is 0.102. The van der Waals surface area contributed by atoms with Gasteiger partial charge in [0.1, 0.15) is 0 Å². The lowest BCUT2D eigenvalue weighted by atomic mass is 9.83. The van der Waals surface area contributed by atoms with E-state index in [2.05, 4.69) is 41.3 Å². The number of likely N-dealkylation sites (tertiary alicyclic amines) is 1. The summed E-state index contributed by atoms with van der Waals surface area (Å²) < 4.78 is 0. The van der Waals surface area contributed by atoms with E-state index >= 15 is 0 Å². The lowest BCUT2D eigenvalue weighted by Gasteiger charge is -2.39. The van der Waals surface area contributed by atoms with Gasteiger partial charge in [0.25, 0.3) is 0 Å². The van der Waals surface area contributed by atoms with Crippen LogP contribution >= 0.6 is 0 Å². The topological polar surface area (TPSA) is 43.9 Å². The molecule has 156 valence electrons. The molecule has 2 amide bonds. The van der Waals surface area contributed by atoms with Gasteiger partial charge in [-0.3, -0.25) is 14.5 Å². The van der Waals surface area contributed by atoms with Crippen LogP contribution < -0.4 is 0 Å². The maximum absolute atomic E-state index is 12.9. The molecule has 0 unspecified atom stereocenters. The Labute approximate surface area is 174 Å². The minimum Gasteiger partial charge on any atom is -0.342 e. The van der Waals surface area contributed by atoms with Gasteiger partial charge in [0, 0.05) is 57.6 Å². The zero-order valence-corrected chi connectivity index (χ0v) is 17.3. The van der Waals surface area contributed by atoms with Crippen LogP contribution in [0.1, 0.15) is 37.7 Å². The largest absolute Gasteiger partial charge is 0.342 e. The van der Waals surface area contributed by atoms with Crippen molar-refractivity contribution in [1.82, 2.24) is 14.7 Å². The van der Waals surface area contributed by atoms with E-state index in [1.165, 1.54) is 12.0 Å². The molecule has 1 aromatic rings. The average Bonchev–Trinajstić information content (AvgIpc) is 2.73. The molecule has 3 fully saturated rings. The molecular formula is C24H33N3O2. The van der Waals surface area contributed by atoms with E-state index in [1.807, 2.05) is 15.9 Å². The minimum atomic E-state index is 0.102. The van der Waals surface area contributed by atoms with Crippen LogP contribution in [0.15, 0.2) is 36.4 Å². The molecule has 0 spiro atoms. The standard InChI is InChI=1S/C24H33N3O2/c28-23(21-9-4-10-21)26-14-11-22(12-15-26)24(29)27-18-16-25(17-19-27)13-5-8-20-6-2-1-3-7-20/h1-3,5-8,21-22H,4,9-19H2/b8-5+. The Morgan fingerprint density at radius 3 is 1.97 bits per heavy atom. The maximum Gasteiger partial charge on any atom is 0.225 e. The Bertz CT molecular complexity index is 713. The second-order valence-electron chi connectivity index (χ2n) is 8.67. The predicted octanol–water partition coefficient (Wildman–Crippen LogP) is 2.88. The number of nitrogens with zero attached hydrogens (tertiary/aromatic N) is 3. The summed E-state index contributed by atoms with van der Waals surface area (Å²) in [5.41, 5.74) is 1.23. The van der Waals surface area contributed by atoms with Gasteiger partial charge in [0.05, 0.1) is 0 Å². The van der Waals surface area contributed by atoms with Gasteiger partial charge < -0.3 is 9.80 Å². The average molecular weight is 396 g/mol. The molecule has 4 rings (SSSR count). The van der Waals surface area contributed by atoms with Gasteiger partial charge >= 0.3 is 0 Å². The first-order valence-corrected chi connectivity index (χ1v) is 11.2. The van der Waals surface area contributed by atoms with E-state index in [-0.39, 0.29) is 11.8 Å². The van der Waals surface area contributed by atoms with Crippen molar-refractivity contribution in [3.63, 3.8) is 0 Å². The summed E-state index contributed by atoms with van der Waals surface area (Å²) >= 11 is 0. The van der Waals surface area contributed by atoms with Gasteiger partial charge in [0.2, 0.25) is 11.8 Å². The van der Waals surface area contributed by atoms with Crippen molar-refractivity contribution in [3.8, 4) is 0 Å². The molecule has 0 radical (unpaired) electrons. The lowest BCUT2D eigenvalue weighted by molar-refractivity contribution is -0.144. The highest BCUT2D eigenvalue weighted by atomic mass is 16.2. The third-order valence-corrected chi connectivity index (χ3v) is 6.77. The summed E-state index contributed by atoms with van der Waals surface area (Å²) in [5.74, 6) is 1.01. The van der Waals surface area contributed by atoms with Crippen LogP contribution in [0.5, 0.6) is 0 Å². The number of amides is 2. The van der Waals surface area contributed by atoms with Crippen molar-refractivity contribution < 1.29 is 9.59 Å². The Hall–Kier alpha value is -2.14. The number of piperidine rings is 1. The van der Waals surface area contributed by atoms with E-state index in [9.17, 15) is 9.59 Å². The molecule has 0 atom stereocenters. The van der Waals surface area contributed by atoms with Crippen molar-refractivity contribution in [2.24, 2.45) is 11.8 Å². The van der Waals surface area contributed by atoms with Crippen LogP contribution in [0.2, 0.25) is 0 Å². The molecule has 3 aliphatic rings. The maximum atomic E-state index is 12.9. The molecule has 2 heterocycles. The monoisotopic (exact) mass is 395 g/mol. The molecule has 2 saturated heterocycles. The third-order valence-electron chi connectivity index (χ3n) is 6.77. The van der Waals surface area contributed by atoms with Crippen LogP contribution in [0.4, 0.5) is 0 Å². The van der Waals surface area contributed by atoms with Crippen LogP contribution in [0, 0.1) is 11.8 Å². The normalized spacial score (nSPS) is 22.1. The van der Waals surface area contributed by atoms with Crippen LogP contribution in [-0.4, -0.2) is 72.3 Å². The number of piperazine rings is 1. The molecule has 0 aromatic heterocycles. The smallest absolute Gasteiger partial charge is 0.225 e. The molecule has 0 bridgehead atoms. The number of carbonyl (C=O) groups excluding carboxylic acids is 2. The summed E-state index contributed by atoms with van der Waals surface area (Å²) in [7, 11) is 0. The van der Waals surface area contributed by atoms with Gasteiger partial charge in [-0.25, -0.2) is 0 Å². The Morgan fingerprint density at radius 2 is 1.38 bits per heavy atom. The predicted molar refractivity (Wildman–Crippen MR) is 115 cm³/mol. The van der Waals surface area contributed by atoms with Gasteiger partial charge in [0.15, 0.2) is 0 Å². The van der Waals surface area contributed by atoms with Gasteiger partial charge in [-0.05, 0) is 31.2 Å². The first-order chi connectivity index (χ1) is 14.2. The van der Waals surface area contributed by atoms with E-state index in [0.717, 1.165) is 71.5 Å². The summed E-state index contributed by atoms with van der Waals surface area (Å²) in [6.07, 6.45) is 9.34. The summed E-state index contributed by atoms with van der Waals surface area (Å²) in [5, 5.41) is 0. The lowest BCUT2D eigenvalue weighted by Crippen LogP contribution is -2.52. The quantitative estimate of drug-likeness (QED) is 0.770. The molecule has 2 aliphatic heterocycles. The van der Waals surface area contributed by atoms with Gasteiger partial charge in [-0.2, -0.15) is 0 Å². The third kappa shape index (κ3) is 5.08. The van der Waals surface area contributed by atoms with Gasteiger partial charge in [-0.15, -0.1) is 0 Å². The van der Waals surface area contributed by atoms with E-state index < -0.39 is 0 Å².